The summed E-state index contributed by atoms with van der Waals surface area (Å²) in [5.74, 6) is 2.17. The molecule has 4 aliphatic rings. The first-order valence-electron chi connectivity index (χ1n) is 9.99. The summed E-state index contributed by atoms with van der Waals surface area (Å²) >= 11 is 6.07. The van der Waals surface area contributed by atoms with Gasteiger partial charge in [0.25, 0.3) is 0 Å². The van der Waals surface area contributed by atoms with Crippen LogP contribution in [0.15, 0.2) is 18.2 Å². The molecule has 4 fully saturated rings. The average molecular weight is 390 g/mol. The van der Waals surface area contributed by atoms with Crippen LogP contribution in [0.3, 0.4) is 0 Å². The highest BCUT2D eigenvalue weighted by Crippen LogP contribution is 2.55. The van der Waals surface area contributed by atoms with Gasteiger partial charge in [-0.1, -0.05) is 17.7 Å². The molecule has 5 nitrogen and oxygen atoms in total. The van der Waals surface area contributed by atoms with Gasteiger partial charge in [-0.15, -0.1) is 0 Å². The molecule has 5 rings (SSSR count). The van der Waals surface area contributed by atoms with Gasteiger partial charge in [0.15, 0.2) is 0 Å². The summed E-state index contributed by atoms with van der Waals surface area (Å²) in [6, 6.07) is 5.37. The Morgan fingerprint density at radius 1 is 1.04 bits per heavy atom. The van der Waals surface area contributed by atoms with Gasteiger partial charge in [-0.2, -0.15) is 0 Å². The Morgan fingerprint density at radius 2 is 1.67 bits per heavy atom. The number of rotatable bonds is 6. The van der Waals surface area contributed by atoms with E-state index in [0.29, 0.717) is 10.7 Å². The van der Waals surface area contributed by atoms with Crippen LogP contribution in [0.4, 0.5) is 5.69 Å². The zero-order chi connectivity index (χ0) is 19.0. The van der Waals surface area contributed by atoms with Crippen molar-refractivity contribution < 1.29 is 9.59 Å². The van der Waals surface area contributed by atoms with E-state index in [1.165, 1.54) is 38.5 Å². The molecular weight excluding hydrogens is 362 g/mol. The van der Waals surface area contributed by atoms with Crippen LogP contribution in [-0.2, 0) is 9.59 Å². The summed E-state index contributed by atoms with van der Waals surface area (Å²) in [5.41, 5.74) is 1.66. The van der Waals surface area contributed by atoms with E-state index in [4.69, 9.17) is 11.6 Å². The number of amides is 2. The number of anilines is 1. The van der Waals surface area contributed by atoms with E-state index >= 15 is 0 Å². The maximum Gasteiger partial charge on any atom is 0.243 e. The summed E-state index contributed by atoms with van der Waals surface area (Å²) in [6.07, 6.45) is 7.78. The van der Waals surface area contributed by atoms with Crippen LogP contribution < -0.4 is 16.0 Å². The number of hydrogen-bond acceptors (Lipinski definition) is 3. The molecule has 4 bridgehead atoms. The summed E-state index contributed by atoms with van der Waals surface area (Å²) in [5, 5.41) is 9.69. The second-order valence-corrected chi connectivity index (χ2v) is 9.20. The minimum atomic E-state index is -0.247. The lowest BCUT2D eigenvalue weighted by Gasteiger charge is -2.57. The van der Waals surface area contributed by atoms with Crippen molar-refractivity contribution in [3.05, 3.63) is 28.8 Å². The lowest BCUT2D eigenvalue weighted by Crippen LogP contribution is -2.60. The molecule has 1 aromatic rings. The first-order chi connectivity index (χ1) is 12.9. The lowest BCUT2D eigenvalue weighted by atomic mass is 9.53. The van der Waals surface area contributed by atoms with Crippen molar-refractivity contribution in [3.8, 4) is 0 Å². The Labute approximate surface area is 165 Å². The van der Waals surface area contributed by atoms with Crippen molar-refractivity contribution in [2.45, 2.75) is 51.0 Å². The van der Waals surface area contributed by atoms with Crippen molar-refractivity contribution >= 4 is 29.1 Å². The van der Waals surface area contributed by atoms with Crippen molar-refractivity contribution in [1.82, 2.24) is 10.6 Å². The van der Waals surface area contributed by atoms with Crippen LogP contribution in [0.1, 0.15) is 44.1 Å². The fourth-order valence-corrected chi connectivity index (χ4v) is 5.95. The topological polar surface area (TPSA) is 70.2 Å². The van der Waals surface area contributed by atoms with Gasteiger partial charge in [-0.3, -0.25) is 9.59 Å². The van der Waals surface area contributed by atoms with E-state index in [1.54, 1.807) is 18.2 Å². The van der Waals surface area contributed by atoms with Gasteiger partial charge in [0.1, 0.15) is 0 Å². The molecule has 146 valence electrons. The molecule has 0 atom stereocenters. The maximum atomic E-state index is 12.2. The third kappa shape index (κ3) is 4.14. The monoisotopic (exact) mass is 389 g/mol. The highest BCUT2D eigenvalue weighted by molar-refractivity contribution is 6.31. The third-order valence-corrected chi connectivity index (χ3v) is 7.06. The van der Waals surface area contributed by atoms with Gasteiger partial charge in [-0.25, -0.2) is 0 Å². The average Bonchev–Trinajstić information content (AvgIpc) is 2.61. The fraction of sp³-hybridized carbons (Fsp3) is 0.619. The van der Waals surface area contributed by atoms with E-state index in [-0.39, 0.29) is 30.4 Å². The fourth-order valence-electron chi connectivity index (χ4n) is 5.77. The lowest BCUT2D eigenvalue weighted by molar-refractivity contribution is -0.124. The van der Waals surface area contributed by atoms with E-state index in [2.05, 4.69) is 16.0 Å². The van der Waals surface area contributed by atoms with Crippen LogP contribution in [0.5, 0.6) is 0 Å². The Morgan fingerprint density at radius 3 is 2.30 bits per heavy atom. The molecule has 4 saturated carbocycles. The van der Waals surface area contributed by atoms with E-state index < -0.39 is 0 Å². The molecule has 27 heavy (non-hydrogen) atoms. The highest BCUT2D eigenvalue weighted by Gasteiger charge is 2.50. The maximum absolute atomic E-state index is 12.2. The van der Waals surface area contributed by atoms with Crippen LogP contribution in [0.2, 0.25) is 5.02 Å². The number of halogens is 1. The Kier molecular flexibility index (Phi) is 5.17. The molecule has 3 N–H and O–H groups in total. The molecule has 4 aliphatic carbocycles. The largest absolute Gasteiger partial charge is 0.346 e. The molecule has 0 unspecified atom stereocenters. The Bertz CT molecular complexity index is 714. The second-order valence-electron chi connectivity index (χ2n) is 8.79. The highest BCUT2D eigenvalue weighted by atomic mass is 35.5. The van der Waals surface area contributed by atoms with Crippen LogP contribution >= 0.6 is 11.6 Å². The minimum Gasteiger partial charge on any atom is -0.346 e. The molecule has 0 aromatic heterocycles. The molecule has 0 heterocycles. The molecule has 1 aromatic carbocycles. The Balaban J connectivity index is 1.23. The van der Waals surface area contributed by atoms with E-state index in [9.17, 15) is 9.59 Å². The molecular formula is C21H28ClN3O2. The smallest absolute Gasteiger partial charge is 0.243 e. The number of carbonyl (C=O) groups excluding carboxylic acids is 2. The van der Waals surface area contributed by atoms with Crippen molar-refractivity contribution in [2.24, 2.45) is 17.8 Å². The molecule has 2 amide bonds. The van der Waals surface area contributed by atoms with Crippen molar-refractivity contribution in [3.63, 3.8) is 0 Å². The van der Waals surface area contributed by atoms with Gasteiger partial charge in [0.2, 0.25) is 11.8 Å². The predicted molar refractivity (Wildman–Crippen MR) is 107 cm³/mol. The van der Waals surface area contributed by atoms with E-state index in [1.807, 2.05) is 6.92 Å². The van der Waals surface area contributed by atoms with Gasteiger partial charge < -0.3 is 16.0 Å². The summed E-state index contributed by atoms with van der Waals surface area (Å²) in [6.45, 7) is 2.11. The van der Waals surface area contributed by atoms with Gasteiger partial charge in [0, 0.05) is 16.2 Å². The summed E-state index contributed by atoms with van der Waals surface area (Å²) < 4.78 is 0. The first kappa shape index (κ1) is 18.8. The van der Waals surface area contributed by atoms with Crippen LogP contribution in [0, 0.1) is 24.7 Å². The minimum absolute atomic E-state index is 0.0344. The molecule has 0 radical (unpaired) electrons. The number of hydrogen-bond donors (Lipinski definition) is 3. The van der Waals surface area contributed by atoms with Gasteiger partial charge >= 0.3 is 0 Å². The SMILES string of the molecule is Cc1c(Cl)cccc1NC(=O)CNC(=O)CNC12CC3CC(CC(C3)C1)C2. The second kappa shape index (κ2) is 7.44. The third-order valence-electron chi connectivity index (χ3n) is 6.65. The number of nitrogens with one attached hydrogen (secondary N) is 3. The number of carbonyl (C=O) groups is 2. The van der Waals surface area contributed by atoms with Crippen molar-refractivity contribution in [2.75, 3.05) is 18.4 Å². The summed E-state index contributed by atoms with van der Waals surface area (Å²) in [7, 11) is 0. The zero-order valence-electron chi connectivity index (χ0n) is 15.8. The van der Waals surface area contributed by atoms with E-state index in [0.717, 1.165) is 23.3 Å². The molecule has 0 spiro atoms. The first-order valence-corrected chi connectivity index (χ1v) is 10.4. The standard InChI is InChI=1S/C21H28ClN3O2/c1-13-17(22)3-2-4-18(13)25-20(27)11-23-19(26)12-24-21-8-14-5-15(9-21)7-16(6-14)10-21/h2-4,14-16,24H,5-12H2,1H3,(H,23,26)(H,25,27). The van der Waals surface area contributed by atoms with Gasteiger partial charge in [0.05, 0.1) is 13.1 Å². The quantitative estimate of drug-likeness (QED) is 0.699. The molecule has 0 aliphatic heterocycles. The summed E-state index contributed by atoms with van der Waals surface area (Å²) in [4.78, 5) is 24.4. The van der Waals surface area contributed by atoms with Crippen LogP contribution in [-0.4, -0.2) is 30.4 Å². The van der Waals surface area contributed by atoms with Crippen molar-refractivity contribution in [1.29, 1.82) is 0 Å². The molecule has 6 heteroatoms. The predicted octanol–water partition coefficient (Wildman–Crippen LogP) is 3.26. The van der Waals surface area contributed by atoms with Crippen LogP contribution in [0.25, 0.3) is 0 Å². The number of benzene rings is 1. The zero-order valence-corrected chi connectivity index (χ0v) is 16.6. The molecule has 0 saturated heterocycles. The normalized spacial score (nSPS) is 31.0. The van der Waals surface area contributed by atoms with Gasteiger partial charge in [-0.05, 0) is 80.9 Å². The Hall–Kier alpha value is -1.59.